The van der Waals surface area contributed by atoms with Crippen molar-refractivity contribution < 1.29 is 27.5 Å². The van der Waals surface area contributed by atoms with Gasteiger partial charge in [0.05, 0.1) is 12.1 Å². The van der Waals surface area contributed by atoms with Crippen LogP contribution >= 0.6 is 0 Å². The van der Waals surface area contributed by atoms with Crippen LogP contribution < -0.4 is 0 Å². The number of nitrogens with zero attached hydrogens (tertiary/aromatic N) is 1. The van der Waals surface area contributed by atoms with E-state index in [1.165, 1.54) is 29.2 Å². The van der Waals surface area contributed by atoms with Gasteiger partial charge < -0.3 is 9.64 Å². The lowest BCUT2D eigenvalue weighted by molar-refractivity contribution is -0.141. The average Bonchev–Trinajstić information content (AvgIpc) is 2.80. The van der Waals surface area contributed by atoms with Crippen LogP contribution in [0.5, 0.6) is 0 Å². The van der Waals surface area contributed by atoms with Crippen molar-refractivity contribution in [1.82, 2.24) is 4.90 Å². The van der Waals surface area contributed by atoms with Gasteiger partial charge in [0.15, 0.2) is 0 Å². The van der Waals surface area contributed by atoms with Gasteiger partial charge in [0.2, 0.25) is 5.91 Å². The molecule has 0 saturated carbocycles. The average molecular weight is 465 g/mol. The molecule has 0 fully saturated rings. The van der Waals surface area contributed by atoms with Gasteiger partial charge in [0.1, 0.15) is 24.1 Å². The fourth-order valence-electron chi connectivity index (χ4n) is 4.13. The Bertz CT molecular complexity index is 1220. The molecule has 3 aromatic rings. The molecule has 3 aromatic carbocycles. The SMILES string of the molecule is CC1=C(C(=O)OCc2ccccc2)C(c2ccc(F)cc2)CC(=O)N1Cc1cc(F)cc(F)c1. The minimum absolute atomic E-state index is 0.0373. The molecule has 34 heavy (non-hydrogen) atoms. The smallest absolute Gasteiger partial charge is 0.336 e. The lowest BCUT2D eigenvalue weighted by Gasteiger charge is -2.34. The number of benzene rings is 3. The molecule has 0 spiro atoms. The molecule has 1 amide bonds. The van der Waals surface area contributed by atoms with E-state index >= 15 is 0 Å². The van der Waals surface area contributed by atoms with E-state index in [0.29, 0.717) is 11.3 Å². The molecule has 0 aromatic heterocycles. The predicted molar refractivity (Wildman–Crippen MR) is 120 cm³/mol. The Labute approximate surface area is 195 Å². The zero-order valence-electron chi connectivity index (χ0n) is 18.4. The van der Waals surface area contributed by atoms with Crippen molar-refractivity contribution in [2.45, 2.75) is 32.4 Å². The molecule has 1 atom stereocenters. The molecular weight excluding hydrogens is 443 g/mol. The molecule has 0 N–H and O–H groups in total. The van der Waals surface area contributed by atoms with Crippen molar-refractivity contribution in [2.75, 3.05) is 0 Å². The van der Waals surface area contributed by atoms with Gasteiger partial charge in [0, 0.05) is 24.1 Å². The first-order chi connectivity index (χ1) is 16.3. The highest BCUT2D eigenvalue weighted by Crippen LogP contribution is 2.38. The summed E-state index contributed by atoms with van der Waals surface area (Å²) in [6.07, 6.45) is -0.0729. The highest BCUT2D eigenvalue weighted by atomic mass is 19.1. The second-order valence-corrected chi connectivity index (χ2v) is 8.13. The van der Waals surface area contributed by atoms with Gasteiger partial charge >= 0.3 is 5.97 Å². The van der Waals surface area contributed by atoms with E-state index < -0.39 is 29.3 Å². The fourth-order valence-corrected chi connectivity index (χ4v) is 4.13. The quantitative estimate of drug-likeness (QED) is 0.443. The van der Waals surface area contributed by atoms with Crippen molar-refractivity contribution in [3.63, 3.8) is 0 Å². The van der Waals surface area contributed by atoms with Gasteiger partial charge in [-0.1, -0.05) is 42.5 Å². The number of halogens is 3. The second-order valence-electron chi connectivity index (χ2n) is 8.13. The Morgan fingerprint density at radius 2 is 1.56 bits per heavy atom. The van der Waals surface area contributed by atoms with Crippen LogP contribution in [0.25, 0.3) is 0 Å². The molecule has 0 aliphatic carbocycles. The van der Waals surface area contributed by atoms with Crippen LogP contribution in [0.2, 0.25) is 0 Å². The van der Waals surface area contributed by atoms with E-state index in [-0.39, 0.29) is 36.6 Å². The number of hydrogen-bond acceptors (Lipinski definition) is 3. The number of amides is 1. The number of carbonyl (C=O) groups is 2. The third-order valence-electron chi connectivity index (χ3n) is 5.79. The van der Waals surface area contributed by atoms with Crippen LogP contribution in [0, 0.1) is 17.5 Å². The van der Waals surface area contributed by atoms with Gasteiger partial charge in [-0.25, -0.2) is 18.0 Å². The van der Waals surface area contributed by atoms with Gasteiger partial charge in [-0.3, -0.25) is 4.79 Å². The zero-order chi connectivity index (χ0) is 24.2. The van der Waals surface area contributed by atoms with E-state index in [2.05, 4.69) is 0 Å². The Hall–Kier alpha value is -3.87. The second kappa shape index (κ2) is 9.95. The number of allylic oxidation sites excluding steroid dienone is 1. The van der Waals surface area contributed by atoms with Crippen molar-refractivity contribution in [3.8, 4) is 0 Å². The Kier molecular flexibility index (Phi) is 6.82. The van der Waals surface area contributed by atoms with Crippen LogP contribution in [0.15, 0.2) is 84.1 Å². The normalized spacial score (nSPS) is 16.1. The minimum Gasteiger partial charge on any atom is -0.457 e. The summed E-state index contributed by atoms with van der Waals surface area (Å²) in [4.78, 5) is 27.6. The van der Waals surface area contributed by atoms with Crippen LogP contribution in [0.3, 0.4) is 0 Å². The van der Waals surface area contributed by atoms with Gasteiger partial charge in [-0.05, 0) is 47.9 Å². The first kappa shape index (κ1) is 23.3. The summed E-state index contributed by atoms with van der Waals surface area (Å²) in [5, 5.41) is 0. The molecule has 1 aliphatic heterocycles. The highest BCUT2D eigenvalue weighted by molar-refractivity contribution is 5.95. The maximum atomic E-state index is 13.7. The predicted octanol–water partition coefficient (Wildman–Crippen LogP) is 5.64. The van der Waals surface area contributed by atoms with Crippen LogP contribution in [0.4, 0.5) is 13.2 Å². The Morgan fingerprint density at radius 3 is 2.21 bits per heavy atom. The van der Waals surface area contributed by atoms with E-state index in [0.717, 1.165) is 23.8 Å². The van der Waals surface area contributed by atoms with E-state index in [1.807, 2.05) is 30.3 Å². The van der Waals surface area contributed by atoms with Crippen molar-refractivity contribution in [1.29, 1.82) is 0 Å². The van der Waals surface area contributed by atoms with Crippen LogP contribution in [-0.2, 0) is 27.5 Å². The van der Waals surface area contributed by atoms with Crippen molar-refractivity contribution in [2.24, 2.45) is 0 Å². The molecule has 1 unspecified atom stereocenters. The fraction of sp³-hybridized carbons (Fsp3) is 0.185. The molecule has 4 rings (SSSR count). The lowest BCUT2D eigenvalue weighted by atomic mass is 9.83. The Balaban J connectivity index is 1.69. The van der Waals surface area contributed by atoms with Crippen molar-refractivity contribution >= 4 is 11.9 Å². The van der Waals surface area contributed by atoms with Crippen LogP contribution in [-0.4, -0.2) is 16.8 Å². The van der Waals surface area contributed by atoms with Gasteiger partial charge in [-0.15, -0.1) is 0 Å². The molecule has 0 bridgehead atoms. The van der Waals surface area contributed by atoms with E-state index in [9.17, 15) is 22.8 Å². The number of rotatable bonds is 6. The molecule has 1 heterocycles. The minimum atomic E-state index is -0.757. The van der Waals surface area contributed by atoms with Gasteiger partial charge in [-0.2, -0.15) is 0 Å². The van der Waals surface area contributed by atoms with E-state index in [1.54, 1.807) is 6.92 Å². The number of ether oxygens (including phenoxy) is 1. The summed E-state index contributed by atoms with van der Waals surface area (Å²) in [7, 11) is 0. The highest BCUT2D eigenvalue weighted by Gasteiger charge is 2.37. The Morgan fingerprint density at radius 1 is 0.912 bits per heavy atom. The first-order valence-electron chi connectivity index (χ1n) is 10.7. The lowest BCUT2D eigenvalue weighted by Crippen LogP contribution is -2.38. The molecule has 4 nitrogen and oxygen atoms in total. The molecule has 1 aliphatic rings. The topological polar surface area (TPSA) is 46.6 Å². The molecule has 0 saturated heterocycles. The summed E-state index contributed by atoms with van der Waals surface area (Å²) in [6, 6.07) is 17.8. The maximum Gasteiger partial charge on any atom is 0.336 e. The molecular formula is C27H22F3NO3. The van der Waals surface area contributed by atoms with Gasteiger partial charge in [0.25, 0.3) is 0 Å². The largest absolute Gasteiger partial charge is 0.457 e. The van der Waals surface area contributed by atoms with Crippen LogP contribution in [0.1, 0.15) is 36.0 Å². The summed E-state index contributed by atoms with van der Waals surface area (Å²) in [5.74, 6) is -3.53. The summed E-state index contributed by atoms with van der Waals surface area (Å²) >= 11 is 0. The summed E-state index contributed by atoms with van der Waals surface area (Å²) in [6.45, 7) is 1.53. The van der Waals surface area contributed by atoms with E-state index in [4.69, 9.17) is 4.74 Å². The number of esters is 1. The first-order valence-corrected chi connectivity index (χ1v) is 10.7. The zero-order valence-corrected chi connectivity index (χ0v) is 18.4. The molecule has 174 valence electrons. The number of hydrogen-bond donors (Lipinski definition) is 0. The third kappa shape index (κ3) is 5.20. The summed E-state index contributed by atoms with van der Waals surface area (Å²) < 4.78 is 46.5. The maximum absolute atomic E-state index is 13.7. The summed E-state index contributed by atoms with van der Waals surface area (Å²) in [5.41, 5.74) is 2.22. The molecule has 0 radical (unpaired) electrons. The third-order valence-corrected chi connectivity index (χ3v) is 5.79. The monoisotopic (exact) mass is 465 g/mol. The van der Waals surface area contributed by atoms with Crippen molar-refractivity contribution in [3.05, 3.63) is 118 Å². The molecule has 7 heteroatoms. The number of carbonyl (C=O) groups excluding carboxylic acids is 2. The standard InChI is InChI=1S/C27H22F3NO3/c1-17-26(27(33)34-16-18-5-3-2-4-6-18)24(20-7-9-21(28)10-8-20)14-25(32)31(17)15-19-11-22(29)13-23(30)12-19/h2-13,24H,14-16H2,1H3.